The van der Waals surface area contributed by atoms with Crippen LogP contribution in [0.3, 0.4) is 0 Å². The number of anilines is 1. The van der Waals surface area contributed by atoms with Gasteiger partial charge >= 0.3 is 0 Å². The zero-order valence-corrected chi connectivity index (χ0v) is 17.2. The summed E-state index contributed by atoms with van der Waals surface area (Å²) in [5.74, 6) is 1.36. The summed E-state index contributed by atoms with van der Waals surface area (Å²) in [5, 5.41) is 7.18. The van der Waals surface area contributed by atoms with Gasteiger partial charge in [0.2, 0.25) is 17.6 Å². The second-order valence-corrected chi connectivity index (χ2v) is 7.97. The van der Waals surface area contributed by atoms with E-state index in [1.807, 2.05) is 60.9 Å². The van der Waals surface area contributed by atoms with E-state index < -0.39 is 0 Å². The molecule has 0 unspecified atom stereocenters. The molecule has 3 aromatic rings. The van der Waals surface area contributed by atoms with Crippen LogP contribution in [0.5, 0.6) is 0 Å². The Morgan fingerprint density at radius 1 is 1.14 bits per heavy atom. The van der Waals surface area contributed by atoms with E-state index in [1.54, 1.807) is 11.8 Å². The molecule has 1 fully saturated rings. The number of hydrogen-bond acceptors (Lipinski definition) is 6. The fourth-order valence-electron chi connectivity index (χ4n) is 3.55. The van der Waals surface area contributed by atoms with E-state index in [0.29, 0.717) is 18.3 Å². The topological polar surface area (TPSA) is 71.3 Å². The molecule has 0 radical (unpaired) electrons. The van der Waals surface area contributed by atoms with Crippen molar-refractivity contribution in [3.63, 3.8) is 0 Å². The highest BCUT2D eigenvalue weighted by atomic mass is 32.2. The van der Waals surface area contributed by atoms with Gasteiger partial charge in [0.05, 0.1) is 12.2 Å². The molecule has 29 heavy (non-hydrogen) atoms. The van der Waals surface area contributed by atoms with Crippen molar-refractivity contribution in [2.24, 2.45) is 5.92 Å². The van der Waals surface area contributed by atoms with Crippen molar-refractivity contribution in [1.29, 1.82) is 0 Å². The first kappa shape index (κ1) is 19.7. The molecular formula is C22H24N4O2S. The van der Waals surface area contributed by atoms with Crippen LogP contribution in [-0.2, 0) is 11.3 Å². The van der Waals surface area contributed by atoms with E-state index in [0.717, 1.165) is 42.1 Å². The Kier molecular flexibility index (Phi) is 6.27. The van der Waals surface area contributed by atoms with Gasteiger partial charge in [-0.15, -0.1) is 11.8 Å². The van der Waals surface area contributed by atoms with Crippen molar-refractivity contribution < 1.29 is 9.32 Å². The molecule has 1 saturated heterocycles. The highest BCUT2D eigenvalue weighted by molar-refractivity contribution is 7.98. The average Bonchev–Trinajstić information content (AvgIpc) is 3.24. The van der Waals surface area contributed by atoms with Crippen molar-refractivity contribution >= 4 is 23.4 Å². The highest BCUT2D eigenvalue weighted by Crippen LogP contribution is 2.27. The van der Waals surface area contributed by atoms with Gasteiger partial charge in [0.1, 0.15) is 0 Å². The third kappa shape index (κ3) is 4.86. The first-order valence-electron chi connectivity index (χ1n) is 9.77. The summed E-state index contributed by atoms with van der Waals surface area (Å²) in [6.45, 7) is 2.29. The van der Waals surface area contributed by atoms with Gasteiger partial charge in [0, 0.05) is 16.4 Å². The van der Waals surface area contributed by atoms with Gasteiger partial charge < -0.3 is 9.84 Å². The third-order valence-corrected chi connectivity index (χ3v) is 5.98. The van der Waals surface area contributed by atoms with E-state index in [9.17, 15) is 4.79 Å². The lowest BCUT2D eigenvalue weighted by molar-refractivity contribution is -0.121. The number of amides is 1. The first-order chi connectivity index (χ1) is 14.2. The molecule has 6 nitrogen and oxygen atoms in total. The first-order valence-corrected chi connectivity index (χ1v) is 11.0. The van der Waals surface area contributed by atoms with E-state index in [1.165, 1.54) is 0 Å². The van der Waals surface area contributed by atoms with E-state index in [2.05, 4.69) is 20.4 Å². The van der Waals surface area contributed by atoms with Crippen LogP contribution in [0.2, 0.25) is 0 Å². The minimum Gasteiger partial charge on any atom is -0.338 e. The summed E-state index contributed by atoms with van der Waals surface area (Å²) in [4.78, 5) is 20.5. The van der Waals surface area contributed by atoms with Crippen LogP contribution in [0.1, 0.15) is 18.7 Å². The fourth-order valence-corrected chi connectivity index (χ4v) is 4.10. The normalized spacial score (nSPS) is 15.3. The Hall–Kier alpha value is -2.64. The highest BCUT2D eigenvalue weighted by Gasteiger charge is 2.26. The Balaban J connectivity index is 1.29. The molecule has 1 aliphatic rings. The number of benzene rings is 2. The van der Waals surface area contributed by atoms with Crippen LogP contribution >= 0.6 is 11.8 Å². The molecule has 1 aliphatic heterocycles. The molecule has 0 bridgehead atoms. The molecule has 0 atom stereocenters. The maximum atomic E-state index is 12.7. The molecule has 0 aliphatic carbocycles. The molecule has 1 N–H and O–H groups in total. The smallest absolute Gasteiger partial charge is 0.241 e. The van der Waals surface area contributed by atoms with Crippen LogP contribution in [0.15, 0.2) is 64.0 Å². The van der Waals surface area contributed by atoms with Crippen LogP contribution in [0.25, 0.3) is 11.4 Å². The summed E-state index contributed by atoms with van der Waals surface area (Å²) >= 11 is 1.64. The summed E-state index contributed by atoms with van der Waals surface area (Å²) in [5.41, 5.74) is 1.84. The number of carbonyl (C=O) groups excluding carboxylic acids is 1. The average molecular weight is 409 g/mol. The van der Waals surface area contributed by atoms with Gasteiger partial charge in [0.25, 0.3) is 0 Å². The molecule has 2 heterocycles. The maximum absolute atomic E-state index is 12.7. The Bertz CT molecular complexity index is 952. The monoisotopic (exact) mass is 408 g/mol. The van der Waals surface area contributed by atoms with Crippen LogP contribution < -0.4 is 5.32 Å². The van der Waals surface area contributed by atoms with E-state index in [4.69, 9.17) is 4.52 Å². The summed E-state index contributed by atoms with van der Waals surface area (Å²) in [6.07, 6.45) is 3.67. The van der Waals surface area contributed by atoms with Gasteiger partial charge in [0.15, 0.2) is 0 Å². The molecule has 1 amide bonds. The van der Waals surface area contributed by atoms with Crippen molar-refractivity contribution in [3.05, 3.63) is 60.5 Å². The lowest BCUT2D eigenvalue weighted by Crippen LogP contribution is -2.37. The molecule has 7 heteroatoms. The molecule has 0 spiro atoms. The minimum absolute atomic E-state index is 0.0312. The van der Waals surface area contributed by atoms with Crippen LogP contribution in [0.4, 0.5) is 5.69 Å². The number of likely N-dealkylation sites (tertiary alicyclic amines) is 1. The van der Waals surface area contributed by atoms with Crippen molar-refractivity contribution in [2.45, 2.75) is 24.3 Å². The number of carbonyl (C=O) groups is 1. The summed E-state index contributed by atoms with van der Waals surface area (Å²) < 4.78 is 5.42. The Morgan fingerprint density at radius 2 is 1.86 bits per heavy atom. The zero-order valence-electron chi connectivity index (χ0n) is 16.4. The second kappa shape index (κ2) is 9.24. The fraction of sp³-hybridized carbons (Fsp3) is 0.318. The molecular weight excluding hydrogens is 384 g/mol. The predicted molar refractivity (Wildman–Crippen MR) is 115 cm³/mol. The number of para-hydroxylation sites is 1. The second-order valence-electron chi connectivity index (χ2n) is 7.12. The Labute approximate surface area is 174 Å². The van der Waals surface area contributed by atoms with Gasteiger partial charge in [-0.1, -0.05) is 47.6 Å². The molecule has 0 saturated carbocycles. The van der Waals surface area contributed by atoms with Gasteiger partial charge in [-0.2, -0.15) is 4.98 Å². The molecule has 2 aromatic carbocycles. The van der Waals surface area contributed by atoms with Crippen molar-refractivity contribution in [3.8, 4) is 11.4 Å². The van der Waals surface area contributed by atoms with Crippen molar-refractivity contribution in [2.75, 3.05) is 24.7 Å². The Morgan fingerprint density at radius 3 is 2.62 bits per heavy atom. The third-order valence-electron chi connectivity index (χ3n) is 5.18. The number of piperidine rings is 1. The summed E-state index contributed by atoms with van der Waals surface area (Å²) in [7, 11) is 0. The minimum atomic E-state index is 0.0312. The van der Waals surface area contributed by atoms with E-state index >= 15 is 0 Å². The number of nitrogens with zero attached hydrogens (tertiary/aromatic N) is 3. The number of nitrogens with one attached hydrogen (secondary N) is 1. The van der Waals surface area contributed by atoms with Crippen molar-refractivity contribution in [1.82, 2.24) is 15.0 Å². The summed E-state index contributed by atoms with van der Waals surface area (Å²) in [6, 6.07) is 17.7. The van der Waals surface area contributed by atoms with Gasteiger partial charge in [-0.3, -0.25) is 9.69 Å². The quantitative estimate of drug-likeness (QED) is 0.613. The van der Waals surface area contributed by atoms with Crippen LogP contribution in [-0.4, -0.2) is 40.3 Å². The molecule has 150 valence electrons. The largest absolute Gasteiger partial charge is 0.338 e. The lowest BCUT2D eigenvalue weighted by atomic mass is 9.96. The van der Waals surface area contributed by atoms with Crippen LogP contribution in [0, 0.1) is 5.92 Å². The number of rotatable bonds is 6. The predicted octanol–water partition coefficient (Wildman–Crippen LogP) is 4.31. The number of hydrogen-bond donors (Lipinski definition) is 1. The van der Waals surface area contributed by atoms with Gasteiger partial charge in [-0.05, 0) is 44.3 Å². The number of thioether (sulfide) groups is 1. The molecule has 1 aromatic heterocycles. The molecule has 4 rings (SSSR count). The SMILES string of the molecule is CSc1ccccc1NC(=O)C1CCN(Cc2nc(-c3ccccc3)no2)CC1. The van der Waals surface area contributed by atoms with Gasteiger partial charge in [-0.25, -0.2) is 0 Å². The maximum Gasteiger partial charge on any atom is 0.241 e. The zero-order chi connectivity index (χ0) is 20.1. The lowest BCUT2D eigenvalue weighted by Gasteiger charge is -2.30. The standard InChI is InChI=1S/C22H24N4O2S/c1-29-19-10-6-5-9-18(19)23-22(27)17-11-13-26(14-12-17)15-20-24-21(25-28-20)16-7-3-2-4-8-16/h2-10,17H,11-15H2,1H3,(H,23,27). The number of aromatic nitrogens is 2. The van der Waals surface area contributed by atoms with E-state index in [-0.39, 0.29) is 11.8 Å².